The van der Waals surface area contributed by atoms with Gasteiger partial charge in [0.15, 0.2) is 4.21 Å². The predicted molar refractivity (Wildman–Crippen MR) is 71.6 cm³/mol. The Labute approximate surface area is 111 Å². The number of rotatable bonds is 6. The molecule has 0 aromatic carbocycles. The van der Waals surface area contributed by atoms with E-state index in [4.69, 9.17) is 4.74 Å². The van der Waals surface area contributed by atoms with E-state index in [9.17, 15) is 8.42 Å². The molecule has 100 valence electrons. The van der Waals surface area contributed by atoms with Gasteiger partial charge in [0, 0.05) is 26.2 Å². The second-order valence-corrected chi connectivity index (χ2v) is 6.78. The van der Waals surface area contributed by atoms with Crippen LogP contribution in [0.15, 0.2) is 27.8 Å². The van der Waals surface area contributed by atoms with Gasteiger partial charge in [-0.15, -0.1) is 11.3 Å². The van der Waals surface area contributed by atoms with Crippen LogP contribution in [0.25, 0.3) is 0 Å². The monoisotopic (exact) mass is 288 g/mol. The van der Waals surface area contributed by atoms with Gasteiger partial charge in [0.25, 0.3) is 10.0 Å². The summed E-state index contributed by atoms with van der Waals surface area (Å²) in [6.45, 7) is 2.90. The minimum Gasteiger partial charge on any atom is -0.494 e. The van der Waals surface area contributed by atoms with Gasteiger partial charge in [0.1, 0.15) is 5.75 Å². The molecule has 0 aliphatic carbocycles. The zero-order valence-electron chi connectivity index (χ0n) is 10.1. The highest BCUT2D eigenvalue weighted by molar-refractivity contribution is 7.91. The Bertz CT molecular complexity index is 514. The number of hydrogen-bond donors (Lipinski definition) is 1. The molecule has 18 heavy (non-hydrogen) atoms. The molecule has 1 aliphatic rings. The summed E-state index contributed by atoms with van der Waals surface area (Å²) in [5.74, 6) is 0.398. The summed E-state index contributed by atoms with van der Waals surface area (Å²) < 4.78 is 31.9. The van der Waals surface area contributed by atoms with Crippen molar-refractivity contribution in [2.75, 3.05) is 33.3 Å². The molecule has 7 heteroatoms. The van der Waals surface area contributed by atoms with E-state index in [2.05, 4.69) is 21.8 Å². The molecule has 1 aliphatic heterocycles. The van der Waals surface area contributed by atoms with Crippen LogP contribution in [0.2, 0.25) is 0 Å². The van der Waals surface area contributed by atoms with E-state index < -0.39 is 10.0 Å². The zero-order valence-corrected chi connectivity index (χ0v) is 11.8. The van der Waals surface area contributed by atoms with Crippen LogP contribution >= 0.6 is 11.3 Å². The fourth-order valence-corrected chi connectivity index (χ4v) is 4.08. The molecule has 0 saturated carbocycles. The number of thiophene rings is 1. The van der Waals surface area contributed by atoms with E-state index in [1.165, 1.54) is 7.11 Å². The molecule has 0 fully saturated rings. The maximum Gasteiger partial charge on any atom is 0.253 e. The lowest BCUT2D eigenvalue weighted by atomic mass is 10.5. The second-order valence-electron chi connectivity index (χ2n) is 3.91. The van der Waals surface area contributed by atoms with E-state index in [-0.39, 0.29) is 4.21 Å². The number of nitrogens with one attached hydrogen (secondary N) is 1. The van der Waals surface area contributed by atoms with Crippen LogP contribution in [0.4, 0.5) is 0 Å². The minimum absolute atomic E-state index is 0.240. The molecule has 1 aromatic heterocycles. The van der Waals surface area contributed by atoms with E-state index in [0.717, 1.165) is 24.4 Å². The van der Waals surface area contributed by atoms with Crippen molar-refractivity contribution in [3.63, 3.8) is 0 Å². The molecule has 2 rings (SSSR count). The molecule has 0 spiro atoms. The molecule has 0 radical (unpaired) electrons. The van der Waals surface area contributed by atoms with Gasteiger partial charge in [-0.1, -0.05) is 12.2 Å². The number of nitrogens with zero attached hydrogens (tertiary/aromatic N) is 1. The summed E-state index contributed by atoms with van der Waals surface area (Å²) in [5, 5.41) is 1.71. The quantitative estimate of drug-likeness (QED) is 0.790. The van der Waals surface area contributed by atoms with Crippen LogP contribution < -0.4 is 9.46 Å². The fraction of sp³-hybridized carbons (Fsp3) is 0.455. The molecule has 0 unspecified atom stereocenters. The Hall–Kier alpha value is -0.890. The first-order valence-electron chi connectivity index (χ1n) is 5.62. The summed E-state index contributed by atoms with van der Waals surface area (Å²) in [5.41, 5.74) is 0. The van der Waals surface area contributed by atoms with Crippen molar-refractivity contribution in [1.82, 2.24) is 9.62 Å². The van der Waals surface area contributed by atoms with Gasteiger partial charge in [-0.3, -0.25) is 4.90 Å². The van der Waals surface area contributed by atoms with Crippen molar-refractivity contribution in [2.45, 2.75) is 4.21 Å². The van der Waals surface area contributed by atoms with Crippen molar-refractivity contribution < 1.29 is 13.2 Å². The average Bonchev–Trinajstić information content (AvgIpc) is 2.99. The first-order chi connectivity index (χ1) is 8.63. The lowest BCUT2D eigenvalue weighted by Crippen LogP contribution is -2.33. The molecular weight excluding hydrogens is 272 g/mol. The van der Waals surface area contributed by atoms with Gasteiger partial charge in [0.05, 0.1) is 7.11 Å². The summed E-state index contributed by atoms with van der Waals surface area (Å²) in [7, 11) is -1.99. The normalized spacial score (nSPS) is 16.3. The largest absolute Gasteiger partial charge is 0.494 e. The Morgan fingerprint density at radius 3 is 2.83 bits per heavy atom. The Kier molecular flexibility index (Phi) is 4.39. The van der Waals surface area contributed by atoms with E-state index in [1.54, 1.807) is 11.4 Å². The molecule has 5 nitrogen and oxygen atoms in total. The number of ether oxygens (including phenoxy) is 1. The minimum atomic E-state index is -3.45. The summed E-state index contributed by atoms with van der Waals surface area (Å²) in [6, 6.07) is 1.66. The zero-order chi connectivity index (χ0) is 13.0. The lowest BCUT2D eigenvalue weighted by Gasteiger charge is -2.14. The van der Waals surface area contributed by atoms with Gasteiger partial charge < -0.3 is 4.74 Å². The Balaban J connectivity index is 1.91. The van der Waals surface area contributed by atoms with Crippen LogP contribution in [0.5, 0.6) is 5.75 Å². The van der Waals surface area contributed by atoms with Crippen molar-refractivity contribution in [1.29, 1.82) is 0 Å². The second kappa shape index (κ2) is 5.83. The molecular formula is C11H16N2O3S2. The smallest absolute Gasteiger partial charge is 0.253 e. The van der Waals surface area contributed by atoms with Crippen LogP contribution in [0.1, 0.15) is 0 Å². The fourth-order valence-electron chi connectivity index (χ4n) is 1.74. The van der Waals surface area contributed by atoms with Crippen LogP contribution in [-0.2, 0) is 10.0 Å². The van der Waals surface area contributed by atoms with Gasteiger partial charge in [-0.25, -0.2) is 13.1 Å². The van der Waals surface area contributed by atoms with Gasteiger partial charge in [-0.2, -0.15) is 0 Å². The van der Waals surface area contributed by atoms with Gasteiger partial charge >= 0.3 is 0 Å². The summed E-state index contributed by atoms with van der Waals surface area (Å²) >= 11 is 1.16. The number of hydrogen-bond acceptors (Lipinski definition) is 5. The third-order valence-corrected chi connectivity index (χ3v) is 5.58. The van der Waals surface area contributed by atoms with Gasteiger partial charge in [-0.05, 0) is 11.4 Å². The maximum absolute atomic E-state index is 12.0. The number of sulfonamides is 1. The van der Waals surface area contributed by atoms with Crippen molar-refractivity contribution in [3.8, 4) is 5.75 Å². The molecule has 2 heterocycles. The molecule has 0 bridgehead atoms. The van der Waals surface area contributed by atoms with Crippen LogP contribution in [0, 0.1) is 0 Å². The molecule has 1 N–H and O–H groups in total. The average molecular weight is 288 g/mol. The van der Waals surface area contributed by atoms with Crippen molar-refractivity contribution in [3.05, 3.63) is 23.6 Å². The predicted octanol–water partition coefficient (Wildman–Crippen LogP) is 0.907. The topological polar surface area (TPSA) is 58.6 Å². The Morgan fingerprint density at radius 2 is 2.17 bits per heavy atom. The molecule has 1 aromatic rings. The van der Waals surface area contributed by atoms with E-state index >= 15 is 0 Å². The van der Waals surface area contributed by atoms with Crippen molar-refractivity contribution >= 4 is 21.4 Å². The van der Waals surface area contributed by atoms with Crippen LogP contribution in [-0.4, -0.2) is 46.6 Å². The highest BCUT2D eigenvalue weighted by Gasteiger charge is 2.20. The standard InChI is InChI=1S/C11H16N2O3S2/c1-16-10-4-9-17-11(10)18(14,15)12-5-8-13-6-2-3-7-13/h2-4,9,12H,5-8H2,1H3. The summed E-state index contributed by atoms with van der Waals surface area (Å²) in [6.07, 6.45) is 4.16. The SMILES string of the molecule is COc1ccsc1S(=O)(=O)NCCN1CC=CC1. The van der Waals surface area contributed by atoms with Crippen LogP contribution in [0.3, 0.4) is 0 Å². The molecule has 0 amide bonds. The highest BCUT2D eigenvalue weighted by atomic mass is 32.2. The lowest BCUT2D eigenvalue weighted by molar-refractivity contribution is 0.357. The van der Waals surface area contributed by atoms with Gasteiger partial charge in [0.2, 0.25) is 0 Å². The first kappa shape index (κ1) is 13.5. The maximum atomic E-state index is 12.0. The summed E-state index contributed by atoms with van der Waals surface area (Å²) in [4.78, 5) is 2.16. The number of methoxy groups -OCH3 is 1. The first-order valence-corrected chi connectivity index (χ1v) is 7.98. The van der Waals surface area contributed by atoms with Crippen molar-refractivity contribution in [2.24, 2.45) is 0 Å². The third kappa shape index (κ3) is 3.11. The third-order valence-electron chi connectivity index (χ3n) is 2.67. The molecule has 0 saturated heterocycles. The van der Waals surface area contributed by atoms with E-state index in [1.807, 2.05) is 0 Å². The molecule has 0 atom stereocenters. The highest BCUT2D eigenvalue weighted by Crippen LogP contribution is 2.28. The van der Waals surface area contributed by atoms with E-state index in [0.29, 0.717) is 18.8 Å². The Morgan fingerprint density at radius 1 is 1.44 bits per heavy atom.